The molecule has 0 aromatic rings. The van der Waals surface area contributed by atoms with Crippen molar-refractivity contribution in [2.45, 2.75) is 51.1 Å². The molecule has 17 heavy (non-hydrogen) atoms. The Morgan fingerprint density at radius 1 is 1.59 bits per heavy atom. The van der Waals surface area contributed by atoms with E-state index in [9.17, 15) is 4.79 Å². The highest BCUT2D eigenvalue weighted by Gasteiger charge is 2.37. The third-order valence-electron chi connectivity index (χ3n) is 4.02. The summed E-state index contributed by atoms with van der Waals surface area (Å²) in [4.78, 5) is 13.8. The van der Waals surface area contributed by atoms with Crippen LogP contribution in [0, 0.1) is 5.92 Å². The summed E-state index contributed by atoms with van der Waals surface area (Å²) in [6.45, 7) is 4.73. The van der Waals surface area contributed by atoms with Crippen molar-refractivity contribution < 1.29 is 4.79 Å². The van der Waals surface area contributed by atoms with Gasteiger partial charge in [0.2, 0.25) is 5.91 Å². The molecule has 1 aliphatic rings. The van der Waals surface area contributed by atoms with Crippen molar-refractivity contribution in [3.05, 3.63) is 0 Å². The van der Waals surface area contributed by atoms with Gasteiger partial charge in [0.05, 0.1) is 6.04 Å². The minimum Gasteiger partial charge on any atom is -0.353 e. The van der Waals surface area contributed by atoms with Crippen LogP contribution in [0.25, 0.3) is 0 Å². The summed E-state index contributed by atoms with van der Waals surface area (Å²) in [7, 11) is 4.21. The lowest BCUT2D eigenvalue weighted by Crippen LogP contribution is -2.56. The Hall–Kier alpha value is -0.610. The van der Waals surface area contributed by atoms with Crippen LogP contribution in [-0.2, 0) is 4.79 Å². The minimum atomic E-state index is -0.421. The molecule has 3 atom stereocenters. The fraction of sp³-hybridized carbons (Fsp3) is 0.923. The molecule has 0 radical (unpaired) electrons. The zero-order valence-corrected chi connectivity index (χ0v) is 11.6. The first-order valence-electron chi connectivity index (χ1n) is 6.58. The monoisotopic (exact) mass is 241 g/mol. The average Bonchev–Trinajstić information content (AvgIpc) is 2.25. The van der Waals surface area contributed by atoms with E-state index in [-0.39, 0.29) is 11.4 Å². The second-order valence-corrected chi connectivity index (χ2v) is 5.83. The van der Waals surface area contributed by atoms with E-state index in [0.717, 1.165) is 18.8 Å². The van der Waals surface area contributed by atoms with Crippen molar-refractivity contribution in [1.29, 1.82) is 0 Å². The normalized spacial score (nSPS) is 31.3. The molecule has 0 saturated heterocycles. The lowest BCUT2D eigenvalue weighted by atomic mass is 9.75. The molecule has 1 saturated carbocycles. The van der Waals surface area contributed by atoms with Crippen LogP contribution in [0.5, 0.6) is 0 Å². The van der Waals surface area contributed by atoms with Gasteiger partial charge in [0.25, 0.3) is 0 Å². The maximum absolute atomic E-state index is 11.6. The first kappa shape index (κ1) is 14.5. The topological polar surface area (TPSA) is 58.4 Å². The lowest BCUT2D eigenvalue weighted by molar-refractivity contribution is -0.122. The van der Waals surface area contributed by atoms with Crippen molar-refractivity contribution in [1.82, 2.24) is 10.2 Å². The quantitative estimate of drug-likeness (QED) is 0.771. The summed E-state index contributed by atoms with van der Waals surface area (Å²) in [6, 6.07) is -0.421. The first-order valence-corrected chi connectivity index (χ1v) is 6.58. The van der Waals surface area contributed by atoms with Gasteiger partial charge < -0.3 is 16.0 Å². The molecule has 1 rings (SSSR count). The molecular formula is C13H27N3O. The Morgan fingerprint density at radius 3 is 2.71 bits per heavy atom. The number of hydrogen-bond donors (Lipinski definition) is 2. The number of carbonyl (C=O) groups is 1. The SMILES string of the molecule is CC1CCCC(CNC(=O)[C@H](C)N)(N(C)C)C1. The average molecular weight is 241 g/mol. The van der Waals surface area contributed by atoms with Gasteiger partial charge in [0, 0.05) is 12.1 Å². The standard InChI is InChI=1S/C13H27N3O/c1-10-6-5-7-13(8-10,16(3)4)9-15-12(17)11(2)14/h10-11H,5-9,14H2,1-4H3,(H,15,17)/t10?,11-,13?/m0/s1. The molecule has 100 valence electrons. The molecule has 4 heteroatoms. The summed E-state index contributed by atoms with van der Waals surface area (Å²) < 4.78 is 0. The molecule has 0 aliphatic heterocycles. The van der Waals surface area contributed by atoms with E-state index in [2.05, 4.69) is 31.2 Å². The maximum atomic E-state index is 11.6. The summed E-state index contributed by atoms with van der Waals surface area (Å²) in [5.74, 6) is 0.683. The molecule has 1 fully saturated rings. The highest BCUT2D eigenvalue weighted by molar-refractivity contribution is 5.81. The second-order valence-electron chi connectivity index (χ2n) is 5.83. The molecule has 3 N–H and O–H groups in total. The predicted molar refractivity (Wildman–Crippen MR) is 70.7 cm³/mol. The number of hydrogen-bond acceptors (Lipinski definition) is 3. The number of amides is 1. The highest BCUT2D eigenvalue weighted by atomic mass is 16.2. The molecule has 4 nitrogen and oxygen atoms in total. The van der Waals surface area contributed by atoms with E-state index in [4.69, 9.17) is 5.73 Å². The van der Waals surface area contributed by atoms with Crippen molar-refractivity contribution in [3.8, 4) is 0 Å². The van der Waals surface area contributed by atoms with Gasteiger partial charge in [-0.15, -0.1) is 0 Å². The molecule has 0 heterocycles. The third kappa shape index (κ3) is 3.68. The lowest BCUT2D eigenvalue weighted by Gasteiger charge is -2.45. The molecule has 0 aromatic carbocycles. The van der Waals surface area contributed by atoms with Gasteiger partial charge in [-0.1, -0.05) is 19.8 Å². The van der Waals surface area contributed by atoms with E-state index >= 15 is 0 Å². The molecule has 1 aliphatic carbocycles. The highest BCUT2D eigenvalue weighted by Crippen LogP contribution is 2.35. The Labute approximate surface area is 105 Å². The Kier molecular flexibility index (Phi) is 4.95. The van der Waals surface area contributed by atoms with Crippen LogP contribution < -0.4 is 11.1 Å². The number of rotatable bonds is 4. The second kappa shape index (κ2) is 5.83. The van der Waals surface area contributed by atoms with Gasteiger partial charge >= 0.3 is 0 Å². The fourth-order valence-electron chi connectivity index (χ4n) is 2.77. The van der Waals surface area contributed by atoms with Crippen molar-refractivity contribution in [2.24, 2.45) is 11.7 Å². The van der Waals surface area contributed by atoms with Crippen LogP contribution in [0.1, 0.15) is 39.5 Å². The number of nitrogens with zero attached hydrogens (tertiary/aromatic N) is 1. The fourth-order valence-corrected chi connectivity index (χ4v) is 2.77. The van der Waals surface area contributed by atoms with E-state index < -0.39 is 6.04 Å². The van der Waals surface area contributed by atoms with Gasteiger partial charge in [-0.2, -0.15) is 0 Å². The van der Waals surface area contributed by atoms with Crippen LogP contribution in [0.4, 0.5) is 0 Å². The van der Waals surface area contributed by atoms with E-state index in [0.29, 0.717) is 6.54 Å². The number of nitrogens with one attached hydrogen (secondary N) is 1. The molecule has 0 aromatic heterocycles. The Balaban J connectivity index is 2.62. The molecule has 1 amide bonds. The van der Waals surface area contributed by atoms with Crippen molar-refractivity contribution in [2.75, 3.05) is 20.6 Å². The number of nitrogens with two attached hydrogens (primary N) is 1. The zero-order valence-electron chi connectivity index (χ0n) is 11.6. The number of likely N-dealkylation sites (N-methyl/N-ethyl adjacent to an activating group) is 1. The van der Waals surface area contributed by atoms with Gasteiger partial charge in [-0.3, -0.25) is 4.79 Å². The Bertz CT molecular complexity index is 265. The summed E-state index contributed by atoms with van der Waals surface area (Å²) in [5.41, 5.74) is 5.69. The van der Waals surface area contributed by atoms with Gasteiger partial charge in [-0.05, 0) is 39.8 Å². The van der Waals surface area contributed by atoms with Gasteiger partial charge in [0.15, 0.2) is 0 Å². The molecular weight excluding hydrogens is 214 g/mol. The minimum absolute atomic E-state index is 0.0514. The third-order valence-corrected chi connectivity index (χ3v) is 4.02. The molecule has 2 unspecified atom stereocenters. The van der Waals surface area contributed by atoms with Crippen LogP contribution in [0.3, 0.4) is 0 Å². The number of carbonyl (C=O) groups excluding carboxylic acids is 1. The molecule has 0 spiro atoms. The van der Waals surface area contributed by atoms with E-state index in [1.165, 1.54) is 12.8 Å². The largest absolute Gasteiger partial charge is 0.353 e. The smallest absolute Gasteiger partial charge is 0.236 e. The van der Waals surface area contributed by atoms with Gasteiger partial charge in [0.1, 0.15) is 0 Å². The van der Waals surface area contributed by atoms with Crippen LogP contribution in [-0.4, -0.2) is 43.0 Å². The van der Waals surface area contributed by atoms with Gasteiger partial charge in [-0.25, -0.2) is 0 Å². The predicted octanol–water partition coefficient (Wildman–Crippen LogP) is 0.960. The van der Waals surface area contributed by atoms with Crippen LogP contribution >= 0.6 is 0 Å². The van der Waals surface area contributed by atoms with Crippen LogP contribution in [0.15, 0.2) is 0 Å². The first-order chi connectivity index (χ1) is 7.87. The van der Waals surface area contributed by atoms with Crippen molar-refractivity contribution >= 4 is 5.91 Å². The van der Waals surface area contributed by atoms with Crippen molar-refractivity contribution in [3.63, 3.8) is 0 Å². The van der Waals surface area contributed by atoms with E-state index in [1.807, 2.05) is 0 Å². The van der Waals surface area contributed by atoms with Crippen LogP contribution in [0.2, 0.25) is 0 Å². The summed E-state index contributed by atoms with van der Waals surface area (Å²) >= 11 is 0. The summed E-state index contributed by atoms with van der Waals surface area (Å²) in [5, 5.41) is 2.99. The van der Waals surface area contributed by atoms with E-state index in [1.54, 1.807) is 6.92 Å². The summed E-state index contributed by atoms with van der Waals surface area (Å²) in [6.07, 6.45) is 4.85. The molecule has 0 bridgehead atoms. The maximum Gasteiger partial charge on any atom is 0.236 e. The Morgan fingerprint density at radius 2 is 2.24 bits per heavy atom. The zero-order chi connectivity index (χ0) is 13.1.